The number of nitrogens with two attached hydrogens (primary N) is 1. The Morgan fingerprint density at radius 2 is 1.11 bits per heavy atom. The molecule has 2 heterocycles. The molecule has 10 unspecified atom stereocenters. The number of benzene rings is 2. The molecule has 12 atom stereocenters. The van der Waals surface area contributed by atoms with E-state index >= 15 is 0 Å². The number of carbonyl (C=O) groups is 2. The summed E-state index contributed by atoms with van der Waals surface area (Å²) in [5, 5.41) is 12.7. The summed E-state index contributed by atoms with van der Waals surface area (Å²) in [6, 6.07) is 12.9. The average molecular weight is 1340 g/mol. The predicted molar refractivity (Wildman–Crippen MR) is 365 cm³/mol. The van der Waals surface area contributed by atoms with Crippen LogP contribution in [0.5, 0.6) is 23.0 Å². The highest BCUT2D eigenvalue weighted by Gasteiger charge is 2.37. The molecule has 4 N–H and O–H groups in total. The number of hydrogen-bond acceptors (Lipinski definition) is 13. The summed E-state index contributed by atoms with van der Waals surface area (Å²) in [4.78, 5) is 28.4. The quantitative estimate of drug-likeness (QED) is 0.0440. The molecular weight excluding hydrogens is 1230 g/mol. The zero-order valence-electron chi connectivity index (χ0n) is 48.2. The lowest BCUT2D eigenvalue weighted by molar-refractivity contribution is -0.148. The number of ether oxygens (including phenoxy) is 7. The highest BCUT2D eigenvalue weighted by Crippen LogP contribution is 3.10. The van der Waals surface area contributed by atoms with E-state index in [9.17, 15) is 14.7 Å². The Hall–Kier alpha value is 1.22. The summed E-state index contributed by atoms with van der Waals surface area (Å²) in [6.45, 7) is 15.6. The molecule has 14 nitrogen and oxygen atoms in total. The number of methoxy groups -OCH3 is 2. The molecule has 2 saturated carbocycles. The van der Waals surface area contributed by atoms with Gasteiger partial charge in [-0.1, -0.05) is 71.9 Å². The fourth-order valence-electron chi connectivity index (χ4n) is 9.87. The maximum atomic E-state index is 11.9. The second-order valence-corrected chi connectivity index (χ2v) is 56.4. The molecule has 2 aromatic rings. The Balaban J connectivity index is 0.000000649. The minimum atomic E-state index is -0.167. The van der Waals surface area contributed by atoms with E-state index < -0.39 is 0 Å². The van der Waals surface area contributed by atoms with Crippen LogP contribution in [0, 0.1) is 0 Å². The first kappa shape index (κ1) is 78.2. The molecule has 4 aliphatic rings. The molecule has 0 radical (unpaired) electrons. The van der Waals surface area contributed by atoms with Crippen LogP contribution in [0.25, 0.3) is 0 Å². The van der Waals surface area contributed by atoms with Gasteiger partial charge in [-0.05, 0) is 128 Å². The normalized spacial score (nSPS) is 21.1. The van der Waals surface area contributed by atoms with Gasteiger partial charge in [-0.3, -0.25) is 19.4 Å². The van der Waals surface area contributed by atoms with Crippen molar-refractivity contribution in [1.29, 1.82) is 0 Å². The van der Waals surface area contributed by atoms with Crippen molar-refractivity contribution in [3.8, 4) is 23.0 Å². The Morgan fingerprint density at radius 3 is 1.54 bits per heavy atom. The van der Waals surface area contributed by atoms with Crippen LogP contribution in [0.4, 0.5) is 0 Å². The zero-order chi connectivity index (χ0) is 56.5. The molecule has 1 amide bonds. The van der Waals surface area contributed by atoms with Crippen molar-refractivity contribution in [3.63, 3.8) is 0 Å². The molecule has 0 bridgehead atoms. The van der Waals surface area contributed by atoms with E-state index in [0.29, 0.717) is 75.9 Å². The van der Waals surface area contributed by atoms with E-state index in [1.807, 2.05) is 44.2 Å². The van der Waals surface area contributed by atoms with Gasteiger partial charge in [0.05, 0.1) is 52.3 Å². The number of aliphatic hydroxyl groups is 1. The van der Waals surface area contributed by atoms with Crippen molar-refractivity contribution < 1.29 is 47.9 Å². The van der Waals surface area contributed by atoms with Crippen LogP contribution in [0.1, 0.15) is 135 Å². The molecule has 458 valence electrons. The van der Waals surface area contributed by atoms with Crippen LogP contribution in [-0.2, 0) is 36.6 Å². The molecule has 4 fully saturated rings. The van der Waals surface area contributed by atoms with Crippen molar-refractivity contribution in [2.75, 3.05) is 79.9 Å². The molecule has 2 aliphatic heterocycles. The standard InChI is InChI=1S/C29H46N2O6.C21H34N2O4.C3H8.2ClH.H12P10/c1-4-8-28(32)30-16-19-36-26-13-12-22(20-27(26)34-3)15-18-35-25-11-7-6-10-24(25)31-17-14-23(21-31)37-29(33)9-5-2;1-25-21-14-16(6-7-20(21)27-13-10-22)9-12-26-19-5-3-2-4-18(19)23-11-8-17(24)15-23;1-3-2;;;1-7(2)10(8(3)4)9(5)6/h12-13,20,23-25H,4-11,14-19,21H2,1-3H3,(H,30,32);6-7,14,17-19,24H,2-5,8-13,15,22H2,1H3;3H2,1-2H3;2*1H;1-6H2/t23-,24?,25?;17-,18?,19?;;;;/m11..../s1. The van der Waals surface area contributed by atoms with Crippen molar-refractivity contribution in [2.45, 2.75) is 173 Å². The summed E-state index contributed by atoms with van der Waals surface area (Å²) in [5.74, 6) is 2.81. The van der Waals surface area contributed by atoms with Gasteiger partial charge in [0.15, 0.2) is 23.0 Å². The minimum Gasteiger partial charge on any atom is -0.493 e. The number of likely N-dealkylation sites (tertiary alicyclic amines) is 2. The zero-order valence-corrected chi connectivity index (χ0v) is 60.3. The number of aliphatic hydroxyl groups excluding tert-OH is 1. The first-order valence-electron chi connectivity index (χ1n) is 28.0. The second kappa shape index (κ2) is 46.4. The van der Waals surface area contributed by atoms with E-state index in [1.54, 1.807) is 14.2 Å². The van der Waals surface area contributed by atoms with Crippen molar-refractivity contribution >= 4 is 118 Å². The van der Waals surface area contributed by atoms with Crippen LogP contribution in [0.2, 0.25) is 0 Å². The maximum absolute atomic E-state index is 11.9. The van der Waals surface area contributed by atoms with Gasteiger partial charge in [-0.15, -0.1) is 78.4 Å². The fourth-order valence-corrected chi connectivity index (χ4v) is 96.5. The maximum Gasteiger partial charge on any atom is 0.306 e. The van der Waals surface area contributed by atoms with Gasteiger partial charge in [0.2, 0.25) is 5.91 Å². The molecule has 26 heteroatoms. The van der Waals surface area contributed by atoms with E-state index in [1.165, 1.54) is 44.1 Å². The van der Waals surface area contributed by atoms with Gasteiger partial charge < -0.3 is 49.3 Å². The van der Waals surface area contributed by atoms with Crippen LogP contribution >= 0.6 is 106 Å². The number of carbonyl (C=O) groups excluding carboxylic acids is 2. The summed E-state index contributed by atoms with van der Waals surface area (Å²) < 4.78 is 40.8. The highest BCUT2D eigenvalue weighted by atomic mass is 35.5. The van der Waals surface area contributed by atoms with Gasteiger partial charge >= 0.3 is 5.97 Å². The smallest absolute Gasteiger partial charge is 0.306 e. The number of amides is 1. The van der Waals surface area contributed by atoms with Crippen molar-refractivity contribution in [3.05, 3.63) is 47.5 Å². The van der Waals surface area contributed by atoms with Crippen molar-refractivity contribution in [1.82, 2.24) is 15.1 Å². The Morgan fingerprint density at radius 1 is 0.646 bits per heavy atom. The molecule has 79 heavy (non-hydrogen) atoms. The lowest BCUT2D eigenvalue weighted by Crippen LogP contribution is -2.46. The second-order valence-electron chi connectivity index (χ2n) is 19.8. The third-order valence-electron chi connectivity index (χ3n) is 13.5. The SMILES string of the molecule is CCC.CCCC(=O)NCCOc1ccc(CCOC2CCCCC2N2CC[C@@H](OC(=O)CCC)C2)cc1OC.COc1cc(CCOC2CCCCC2N2CC[C@@H](O)C2)ccc1OCCN.Cl.Cl.PP(P)P(P(P)P)P(P)P. The largest absolute Gasteiger partial charge is 0.493 e. The third kappa shape index (κ3) is 30.6. The van der Waals surface area contributed by atoms with E-state index in [4.69, 9.17) is 38.9 Å². The lowest BCUT2D eigenvalue weighted by Gasteiger charge is -2.37. The van der Waals surface area contributed by atoms with Crippen LogP contribution in [0.3, 0.4) is 0 Å². The summed E-state index contributed by atoms with van der Waals surface area (Å²) in [5.41, 5.74) is 7.81. The van der Waals surface area contributed by atoms with Crippen molar-refractivity contribution in [2.24, 2.45) is 5.73 Å². The fraction of sp³-hybridized carbons (Fsp3) is 0.736. The molecule has 2 aromatic carbocycles. The summed E-state index contributed by atoms with van der Waals surface area (Å²) >= 11 is 0. The Bertz CT molecular complexity index is 1920. The van der Waals surface area contributed by atoms with Gasteiger partial charge in [0.25, 0.3) is 0 Å². The third-order valence-corrected chi connectivity index (χ3v) is 63.0. The summed E-state index contributed by atoms with van der Waals surface area (Å²) in [6.07, 6.45) is 17.2. The molecule has 2 aliphatic carbocycles. The molecule has 6 rings (SSSR count). The lowest BCUT2D eigenvalue weighted by atomic mass is 9.91. The first-order valence-corrected chi connectivity index (χ1v) is 45.2. The van der Waals surface area contributed by atoms with E-state index in [0.717, 1.165) is 101 Å². The molecule has 0 aromatic heterocycles. The van der Waals surface area contributed by atoms with E-state index in [-0.39, 0.29) is 89.1 Å². The van der Waals surface area contributed by atoms with Crippen LogP contribution in [0.15, 0.2) is 36.4 Å². The van der Waals surface area contributed by atoms with Crippen LogP contribution < -0.4 is 30.0 Å². The topological polar surface area (TPSA) is 164 Å². The molecular formula is C53H102Cl2N4O10P10. The number of β-amino-alcohol motifs (C(OH)–C–C–N with tert-alkyl or cyclic N) is 1. The molecule has 2 saturated heterocycles. The monoisotopic (exact) mass is 1330 g/mol. The average Bonchev–Trinajstić information content (AvgIpc) is 4.07. The number of nitrogens with one attached hydrogen (secondary N) is 1. The number of rotatable bonds is 27. The van der Waals surface area contributed by atoms with Crippen LogP contribution in [-0.4, -0.2) is 143 Å². The predicted octanol–water partition coefficient (Wildman–Crippen LogP) is 13.9. The van der Waals surface area contributed by atoms with Gasteiger partial charge in [0, 0.05) is 57.6 Å². The minimum absolute atomic E-state index is 0. The number of esters is 1. The number of nitrogens with zero attached hydrogens (tertiary/aromatic N) is 2. The highest BCUT2D eigenvalue weighted by molar-refractivity contribution is 9.16. The first-order chi connectivity index (χ1) is 37.1. The number of hydrogen-bond donors (Lipinski definition) is 3. The van der Waals surface area contributed by atoms with Gasteiger partial charge in [-0.25, -0.2) is 0 Å². The molecule has 0 spiro atoms. The van der Waals surface area contributed by atoms with Gasteiger partial charge in [-0.2, -0.15) is 0 Å². The van der Waals surface area contributed by atoms with E-state index in [2.05, 4.69) is 88.6 Å². The summed E-state index contributed by atoms with van der Waals surface area (Å²) in [7, 11) is 21.0. The Kier molecular flexibility index (Phi) is 45.9. The number of halogens is 2. The van der Waals surface area contributed by atoms with Gasteiger partial charge in [0.1, 0.15) is 19.3 Å². The Labute approximate surface area is 507 Å².